The summed E-state index contributed by atoms with van der Waals surface area (Å²) in [4.78, 5) is 15.8. The van der Waals surface area contributed by atoms with E-state index in [1.807, 2.05) is 0 Å². The van der Waals surface area contributed by atoms with E-state index in [9.17, 15) is 9.18 Å². The third kappa shape index (κ3) is 5.37. The Morgan fingerprint density at radius 2 is 1.68 bits per heavy atom. The molecular weight excluding hydrogens is 542 g/mol. The van der Waals surface area contributed by atoms with Gasteiger partial charge in [-0.25, -0.2) is 4.39 Å². The molecule has 0 aliphatic carbocycles. The van der Waals surface area contributed by atoms with Gasteiger partial charge in [-0.3, -0.25) is 14.3 Å². The van der Waals surface area contributed by atoms with Gasteiger partial charge in [0.2, 0.25) is 0 Å². The summed E-state index contributed by atoms with van der Waals surface area (Å²) in [5.41, 5.74) is 3.80. The summed E-state index contributed by atoms with van der Waals surface area (Å²) >= 11 is 18.7. The van der Waals surface area contributed by atoms with Gasteiger partial charge in [0, 0.05) is 28.6 Å². The van der Waals surface area contributed by atoms with E-state index in [-0.39, 0.29) is 11.1 Å². The normalized spacial score (nSPS) is 15.3. The van der Waals surface area contributed by atoms with Gasteiger partial charge in [0.1, 0.15) is 11.5 Å². The molecule has 1 aliphatic heterocycles. The minimum Gasteiger partial charge on any atom is -0.298 e. The summed E-state index contributed by atoms with van der Waals surface area (Å²) in [6, 6.07) is 17.2. The molecule has 4 aromatic rings. The predicted octanol–water partition coefficient (Wildman–Crippen LogP) is 7.85. The molecule has 3 nitrogen and oxygen atoms in total. The van der Waals surface area contributed by atoms with Crippen LogP contribution in [0.2, 0.25) is 15.1 Å². The van der Waals surface area contributed by atoms with Gasteiger partial charge in [0.25, 0.3) is 10.6 Å². The van der Waals surface area contributed by atoms with Gasteiger partial charge in [-0.05, 0) is 107 Å². The van der Waals surface area contributed by atoms with Crippen LogP contribution < -0.4 is 5.56 Å². The zero-order valence-electron chi connectivity index (χ0n) is 21.7. The minimum atomic E-state index is -0.395. The average molecular weight is 573 g/mol. The first kappa shape index (κ1) is 27.2. The maximum atomic E-state index is 13.9. The fourth-order valence-electron chi connectivity index (χ4n) is 5.54. The SMILES string of the molecule is CC(C)(C)N1CCC(Cc2cc(-c3ccc(F)cc3Cl)c3ccc(=O)n(-c4c(Cl)cccc4[ClH+])c3c2)CC1. The number of para-hydroxylation sites is 1. The van der Waals surface area contributed by atoms with Crippen molar-refractivity contribution >= 4 is 34.1 Å². The first-order valence-electron chi connectivity index (χ1n) is 12.9. The van der Waals surface area contributed by atoms with Crippen molar-refractivity contribution in [2.75, 3.05) is 13.1 Å². The lowest BCUT2D eigenvalue weighted by molar-refractivity contribution is -0.288. The number of aromatic nitrogens is 1. The molecule has 0 spiro atoms. The van der Waals surface area contributed by atoms with E-state index in [1.54, 1.807) is 34.9 Å². The summed E-state index contributed by atoms with van der Waals surface area (Å²) in [5.74, 6) is 0.120. The molecule has 0 atom stereocenters. The number of nitrogens with zero attached hydrogens (tertiary/aromatic N) is 2. The summed E-state index contributed by atoms with van der Waals surface area (Å²) in [6.07, 6.45) is 3.07. The first-order chi connectivity index (χ1) is 18.0. The Morgan fingerprint density at radius 3 is 2.34 bits per heavy atom. The van der Waals surface area contributed by atoms with Crippen LogP contribution in [-0.2, 0) is 6.42 Å². The van der Waals surface area contributed by atoms with E-state index in [4.69, 9.17) is 34.8 Å². The second kappa shape index (κ2) is 10.7. The Balaban J connectivity index is 1.68. The first-order valence-corrected chi connectivity index (χ1v) is 14.0. The van der Waals surface area contributed by atoms with Crippen molar-refractivity contribution in [3.8, 4) is 16.8 Å². The zero-order valence-corrected chi connectivity index (χ0v) is 24.1. The molecule has 0 unspecified atom stereocenters. The standard InChI is InChI=1S/C31H31Cl3FN2O/c1-31(2,3)36-13-11-19(12-14-36)15-20-16-24(22-8-7-21(35)18-27(22)34)23-9-10-29(38)37(28(23)17-20)30-25(32)5-4-6-26(30)33/h4-10,16-19,32H,11-15H2,1-3H3/q+1. The highest BCUT2D eigenvalue weighted by Crippen LogP contribution is 2.37. The Kier molecular flexibility index (Phi) is 7.63. The fourth-order valence-corrected chi connectivity index (χ4v) is 6.40. The van der Waals surface area contributed by atoms with Crippen LogP contribution in [0.4, 0.5) is 4.39 Å². The molecular formula is C31H31Cl3FN2O+. The zero-order chi connectivity index (χ0) is 27.2. The maximum absolute atomic E-state index is 13.9. The van der Waals surface area contributed by atoms with Crippen LogP contribution in [0.1, 0.15) is 39.2 Å². The Morgan fingerprint density at radius 1 is 0.947 bits per heavy atom. The van der Waals surface area contributed by atoms with Gasteiger partial charge >= 0.3 is 0 Å². The van der Waals surface area contributed by atoms with E-state index in [1.165, 1.54) is 18.2 Å². The molecule has 0 N–H and O–H groups in total. The van der Waals surface area contributed by atoms with Gasteiger partial charge in [0.15, 0.2) is 11.6 Å². The van der Waals surface area contributed by atoms with Crippen molar-refractivity contribution in [2.45, 2.75) is 45.6 Å². The van der Waals surface area contributed by atoms with E-state index >= 15 is 0 Å². The summed E-state index contributed by atoms with van der Waals surface area (Å²) in [7, 11) is 0. The molecule has 3 aromatic carbocycles. The Hall–Kier alpha value is -2.37. The van der Waals surface area contributed by atoms with Gasteiger partial charge in [-0.15, -0.1) is 0 Å². The summed E-state index contributed by atoms with van der Waals surface area (Å²) in [5, 5.41) is 2.04. The predicted molar refractivity (Wildman–Crippen MR) is 153 cm³/mol. The Labute approximate surface area is 237 Å². The molecule has 1 aliphatic rings. The van der Waals surface area contributed by atoms with Crippen molar-refractivity contribution in [1.82, 2.24) is 9.47 Å². The highest BCUT2D eigenvalue weighted by Gasteiger charge is 2.27. The van der Waals surface area contributed by atoms with Crippen LogP contribution >= 0.6 is 23.2 Å². The molecule has 7 heteroatoms. The second-order valence-corrected chi connectivity index (χ2v) is 12.4. The molecule has 1 fully saturated rings. The van der Waals surface area contributed by atoms with E-state index < -0.39 is 5.82 Å². The minimum absolute atomic E-state index is 0.160. The number of halogens is 4. The molecule has 0 amide bonds. The van der Waals surface area contributed by atoms with Crippen LogP contribution in [-0.4, -0.2) is 28.1 Å². The molecule has 0 saturated carbocycles. The van der Waals surface area contributed by atoms with Crippen LogP contribution in [0.15, 0.2) is 65.5 Å². The maximum Gasteiger partial charge on any atom is 0.255 e. The van der Waals surface area contributed by atoms with Gasteiger partial charge < -0.3 is 0 Å². The number of hydrogen-bond donors (Lipinski definition) is 0. The lowest BCUT2D eigenvalue weighted by atomic mass is 9.86. The van der Waals surface area contributed by atoms with Crippen molar-refractivity contribution in [3.63, 3.8) is 0 Å². The topological polar surface area (TPSA) is 25.2 Å². The number of pyridine rings is 1. The summed E-state index contributed by atoms with van der Waals surface area (Å²) in [6.45, 7) is 8.90. The van der Waals surface area contributed by atoms with Crippen LogP contribution in [0, 0.1) is 23.3 Å². The Bertz CT molecular complexity index is 1550. The molecule has 1 saturated heterocycles. The number of rotatable bonds is 4. The van der Waals surface area contributed by atoms with Gasteiger partial charge in [0.05, 0.1) is 15.6 Å². The van der Waals surface area contributed by atoms with E-state index in [0.29, 0.717) is 37.8 Å². The fraction of sp³-hybridized carbons (Fsp3) is 0.323. The smallest absolute Gasteiger partial charge is 0.255 e. The molecule has 38 heavy (non-hydrogen) atoms. The van der Waals surface area contributed by atoms with Gasteiger partial charge in [-0.2, -0.15) is 0 Å². The molecule has 0 radical (unpaired) electrons. The van der Waals surface area contributed by atoms with Crippen LogP contribution in [0.5, 0.6) is 0 Å². The number of benzene rings is 3. The van der Waals surface area contributed by atoms with Gasteiger partial charge in [-0.1, -0.05) is 35.3 Å². The number of hydrogen-bond acceptors (Lipinski definition) is 2. The highest BCUT2D eigenvalue weighted by atomic mass is 35.5. The molecule has 198 valence electrons. The lowest BCUT2D eigenvalue weighted by Gasteiger charge is -2.41. The average Bonchev–Trinajstić information content (AvgIpc) is 2.84. The van der Waals surface area contributed by atoms with Crippen LogP contribution in [0.25, 0.3) is 27.7 Å². The van der Waals surface area contributed by atoms with Crippen molar-refractivity contribution in [1.29, 1.82) is 0 Å². The molecule has 5 rings (SSSR count). The summed E-state index contributed by atoms with van der Waals surface area (Å²) < 4.78 is 15.6. The third-order valence-corrected chi connectivity index (χ3v) is 8.50. The van der Waals surface area contributed by atoms with Crippen molar-refractivity contribution < 1.29 is 16.0 Å². The highest BCUT2D eigenvalue weighted by molar-refractivity contribution is 6.34. The number of likely N-dealkylation sites (tertiary alicyclic amines) is 1. The third-order valence-electron chi connectivity index (χ3n) is 7.55. The monoisotopic (exact) mass is 571 g/mol. The lowest BCUT2D eigenvalue weighted by Crippen LogP contribution is -2.46. The quantitative estimate of drug-likeness (QED) is 0.249. The number of piperidine rings is 1. The van der Waals surface area contributed by atoms with Crippen molar-refractivity contribution in [2.24, 2.45) is 5.92 Å². The van der Waals surface area contributed by atoms with Crippen molar-refractivity contribution in [3.05, 3.63) is 97.5 Å². The molecule has 2 heterocycles. The van der Waals surface area contributed by atoms with E-state index in [0.717, 1.165) is 48.9 Å². The number of fused-ring (bicyclic) bond motifs is 1. The second-order valence-electron chi connectivity index (χ2n) is 11.1. The van der Waals surface area contributed by atoms with Crippen LogP contribution in [0.3, 0.4) is 0 Å². The largest absolute Gasteiger partial charge is 0.298 e. The van der Waals surface area contributed by atoms with E-state index in [2.05, 4.69) is 37.8 Å². The molecule has 0 bridgehead atoms. The molecule has 1 aromatic heterocycles.